The van der Waals surface area contributed by atoms with E-state index < -0.39 is 0 Å². The molecule has 1 aromatic carbocycles. The Morgan fingerprint density at radius 1 is 1.18 bits per heavy atom. The minimum Gasteiger partial charge on any atom is -0.493 e. The summed E-state index contributed by atoms with van der Waals surface area (Å²) in [5.74, 6) is 0.534. The molecule has 1 N–H and O–H groups in total. The van der Waals surface area contributed by atoms with Crippen LogP contribution in [0.25, 0.3) is 16.9 Å². The summed E-state index contributed by atoms with van der Waals surface area (Å²) < 4.78 is 1.86. The van der Waals surface area contributed by atoms with Gasteiger partial charge in [0.25, 0.3) is 0 Å². The first-order valence-electron chi connectivity index (χ1n) is 5.35. The minimum absolute atomic E-state index is 0.0207. The van der Waals surface area contributed by atoms with Crippen LogP contribution in [0, 0.1) is 6.92 Å². The van der Waals surface area contributed by atoms with Gasteiger partial charge in [0, 0.05) is 18.1 Å². The maximum Gasteiger partial charge on any atom is 0.237 e. The van der Waals surface area contributed by atoms with Gasteiger partial charge in [0.2, 0.25) is 11.7 Å². The second kappa shape index (κ2) is 3.59. The Bertz CT molecular complexity index is 674. The Labute approximate surface area is 98.2 Å². The van der Waals surface area contributed by atoms with E-state index in [1.807, 2.05) is 47.9 Å². The van der Waals surface area contributed by atoms with Gasteiger partial charge in [-0.05, 0) is 12.5 Å². The summed E-state index contributed by atoms with van der Waals surface area (Å²) in [4.78, 5) is 8.15. The molecule has 0 aliphatic carbocycles. The van der Waals surface area contributed by atoms with Crippen LogP contribution in [0.15, 0.2) is 42.7 Å². The number of fused-ring (bicyclic) bond motifs is 1. The topological polar surface area (TPSA) is 50.4 Å². The van der Waals surface area contributed by atoms with Gasteiger partial charge in [0.1, 0.15) is 0 Å². The summed E-state index contributed by atoms with van der Waals surface area (Å²) in [6, 6.07) is 9.72. The third kappa shape index (κ3) is 1.45. The summed E-state index contributed by atoms with van der Waals surface area (Å²) in [5, 5.41) is 10.00. The first kappa shape index (κ1) is 9.84. The number of benzene rings is 1. The van der Waals surface area contributed by atoms with Gasteiger partial charge in [-0.1, -0.05) is 30.3 Å². The third-order valence-corrected chi connectivity index (χ3v) is 2.84. The zero-order chi connectivity index (χ0) is 11.8. The Balaban J connectivity index is 2.36. The molecule has 0 unspecified atom stereocenters. The zero-order valence-corrected chi connectivity index (χ0v) is 9.33. The SMILES string of the molecule is Cc1c(-c2ccccc2)c(O)nc2nccn12. The van der Waals surface area contributed by atoms with E-state index in [1.54, 1.807) is 6.20 Å². The fourth-order valence-corrected chi connectivity index (χ4v) is 2.02. The van der Waals surface area contributed by atoms with Crippen LogP contribution in [0.4, 0.5) is 0 Å². The van der Waals surface area contributed by atoms with E-state index in [9.17, 15) is 5.11 Å². The van der Waals surface area contributed by atoms with Crippen LogP contribution in [0.3, 0.4) is 0 Å². The van der Waals surface area contributed by atoms with E-state index in [0.29, 0.717) is 5.78 Å². The van der Waals surface area contributed by atoms with E-state index in [4.69, 9.17) is 0 Å². The molecule has 0 radical (unpaired) electrons. The molecule has 0 atom stereocenters. The normalized spacial score (nSPS) is 10.9. The van der Waals surface area contributed by atoms with Gasteiger partial charge in [0.15, 0.2) is 0 Å². The van der Waals surface area contributed by atoms with Gasteiger partial charge in [-0.25, -0.2) is 4.98 Å². The first-order chi connectivity index (χ1) is 8.27. The standard InChI is InChI=1S/C13H11N3O/c1-9-11(10-5-3-2-4-6-10)12(17)15-13-14-7-8-16(9)13/h2-8H,1H3,(H,14,15,17). The summed E-state index contributed by atoms with van der Waals surface area (Å²) in [6.45, 7) is 1.94. The Morgan fingerprint density at radius 2 is 1.94 bits per heavy atom. The monoisotopic (exact) mass is 225 g/mol. The Hall–Kier alpha value is -2.36. The number of nitrogens with zero attached hydrogens (tertiary/aromatic N) is 3. The summed E-state index contributed by atoms with van der Waals surface area (Å²) in [7, 11) is 0. The fraction of sp³-hybridized carbons (Fsp3) is 0.0769. The highest BCUT2D eigenvalue weighted by atomic mass is 16.3. The largest absolute Gasteiger partial charge is 0.493 e. The molecular formula is C13H11N3O. The van der Waals surface area contributed by atoms with Crippen LogP contribution in [-0.4, -0.2) is 19.5 Å². The van der Waals surface area contributed by atoms with E-state index in [1.165, 1.54) is 0 Å². The molecule has 0 spiro atoms. The second-order valence-electron chi connectivity index (χ2n) is 3.86. The quantitative estimate of drug-likeness (QED) is 0.691. The first-order valence-corrected chi connectivity index (χ1v) is 5.35. The predicted molar refractivity (Wildman–Crippen MR) is 64.8 cm³/mol. The summed E-state index contributed by atoms with van der Waals surface area (Å²) in [6.07, 6.45) is 3.51. The number of hydrogen-bond donors (Lipinski definition) is 1. The van der Waals surface area contributed by atoms with Crippen LogP contribution < -0.4 is 0 Å². The number of aryl methyl sites for hydroxylation is 1. The number of hydrogen-bond acceptors (Lipinski definition) is 3. The van der Waals surface area contributed by atoms with Gasteiger partial charge in [-0.2, -0.15) is 4.98 Å². The molecule has 4 heteroatoms. The van der Waals surface area contributed by atoms with Crippen LogP contribution in [0.2, 0.25) is 0 Å². The average Bonchev–Trinajstić information content (AvgIpc) is 2.78. The highest BCUT2D eigenvalue weighted by Gasteiger charge is 2.13. The second-order valence-corrected chi connectivity index (χ2v) is 3.86. The molecule has 3 aromatic rings. The van der Waals surface area contributed by atoms with Crippen molar-refractivity contribution in [2.45, 2.75) is 6.92 Å². The van der Waals surface area contributed by atoms with Crippen molar-refractivity contribution in [1.29, 1.82) is 0 Å². The van der Waals surface area contributed by atoms with Crippen LogP contribution in [0.1, 0.15) is 5.69 Å². The van der Waals surface area contributed by atoms with Crippen molar-refractivity contribution in [3.05, 3.63) is 48.4 Å². The van der Waals surface area contributed by atoms with Crippen molar-refractivity contribution < 1.29 is 5.11 Å². The molecule has 17 heavy (non-hydrogen) atoms. The van der Waals surface area contributed by atoms with E-state index >= 15 is 0 Å². The molecule has 84 valence electrons. The molecular weight excluding hydrogens is 214 g/mol. The fourth-order valence-electron chi connectivity index (χ4n) is 2.02. The van der Waals surface area contributed by atoms with Gasteiger partial charge < -0.3 is 5.11 Å². The molecule has 2 heterocycles. The van der Waals surface area contributed by atoms with Crippen molar-refractivity contribution in [2.75, 3.05) is 0 Å². The number of rotatable bonds is 1. The van der Waals surface area contributed by atoms with E-state index in [0.717, 1.165) is 16.8 Å². The van der Waals surface area contributed by atoms with Gasteiger partial charge in [-0.3, -0.25) is 4.40 Å². The number of imidazole rings is 1. The third-order valence-electron chi connectivity index (χ3n) is 2.84. The lowest BCUT2D eigenvalue weighted by atomic mass is 10.1. The Kier molecular flexibility index (Phi) is 2.08. The number of aromatic nitrogens is 3. The Morgan fingerprint density at radius 3 is 2.71 bits per heavy atom. The maximum atomic E-state index is 10.00. The zero-order valence-electron chi connectivity index (χ0n) is 9.33. The molecule has 0 saturated heterocycles. The molecule has 0 fully saturated rings. The molecule has 0 saturated carbocycles. The summed E-state index contributed by atoms with van der Waals surface area (Å²) >= 11 is 0. The highest BCUT2D eigenvalue weighted by Crippen LogP contribution is 2.30. The molecule has 3 rings (SSSR count). The molecule has 0 aliphatic heterocycles. The molecule has 0 bridgehead atoms. The van der Waals surface area contributed by atoms with Crippen LogP contribution >= 0.6 is 0 Å². The average molecular weight is 225 g/mol. The van der Waals surface area contributed by atoms with Crippen molar-refractivity contribution in [3.63, 3.8) is 0 Å². The molecule has 4 nitrogen and oxygen atoms in total. The predicted octanol–water partition coefficient (Wildman–Crippen LogP) is 2.41. The molecule has 0 amide bonds. The van der Waals surface area contributed by atoms with Gasteiger partial charge >= 0.3 is 0 Å². The highest BCUT2D eigenvalue weighted by molar-refractivity contribution is 5.71. The number of aromatic hydroxyl groups is 1. The summed E-state index contributed by atoms with van der Waals surface area (Å²) in [5.41, 5.74) is 2.62. The molecule has 0 aliphatic rings. The smallest absolute Gasteiger partial charge is 0.237 e. The van der Waals surface area contributed by atoms with Gasteiger partial charge in [0.05, 0.1) is 5.56 Å². The minimum atomic E-state index is 0.0207. The molecule has 2 aromatic heterocycles. The van der Waals surface area contributed by atoms with Gasteiger partial charge in [-0.15, -0.1) is 0 Å². The van der Waals surface area contributed by atoms with Crippen LogP contribution in [-0.2, 0) is 0 Å². The van der Waals surface area contributed by atoms with E-state index in [-0.39, 0.29) is 5.88 Å². The van der Waals surface area contributed by atoms with Crippen LogP contribution in [0.5, 0.6) is 5.88 Å². The van der Waals surface area contributed by atoms with Crippen molar-refractivity contribution in [1.82, 2.24) is 14.4 Å². The lowest BCUT2D eigenvalue weighted by molar-refractivity contribution is 0.455. The van der Waals surface area contributed by atoms with Crippen molar-refractivity contribution in [3.8, 4) is 17.0 Å². The lowest BCUT2D eigenvalue weighted by Crippen LogP contribution is -1.97. The van der Waals surface area contributed by atoms with E-state index in [2.05, 4.69) is 9.97 Å². The lowest BCUT2D eigenvalue weighted by Gasteiger charge is -2.09. The van der Waals surface area contributed by atoms with Crippen molar-refractivity contribution in [2.24, 2.45) is 0 Å². The maximum absolute atomic E-state index is 10.00. The van der Waals surface area contributed by atoms with Crippen molar-refractivity contribution >= 4 is 5.78 Å².